The smallest absolute Gasteiger partial charge is 0.163 e. The molecule has 0 saturated carbocycles. The van der Waals surface area contributed by atoms with Crippen LogP contribution in [0.15, 0.2) is 89.0 Å². The topological polar surface area (TPSA) is 41.1 Å². The maximum absolute atomic E-state index is 13.5. The Balaban J connectivity index is 1.58. The highest BCUT2D eigenvalue weighted by molar-refractivity contribution is 7.98. The number of carbonyl (C=O) groups is 1. The maximum atomic E-state index is 13.5. The van der Waals surface area contributed by atoms with Crippen LogP contribution in [-0.2, 0) is 4.79 Å². The first-order valence-corrected chi connectivity index (χ1v) is 12.0. The number of rotatable bonds is 3. The molecule has 0 aromatic heterocycles. The molecule has 3 aromatic carbocycles. The van der Waals surface area contributed by atoms with Gasteiger partial charge in [-0.15, -0.1) is 11.8 Å². The molecule has 0 fully saturated rings. The molecule has 0 bridgehead atoms. The number of para-hydroxylation sites is 2. The van der Waals surface area contributed by atoms with Gasteiger partial charge < -0.3 is 10.6 Å². The summed E-state index contributed by atoms with van der Waals surface area (Å²) in [5, 5.41) is 7.94. The average molecular weight is 447 g/mol. The van der Waals surface area contributed by atoms with Crippen LogP contribution in [0.1, 0.15) is 35.9 Å². The van der Waals surface area contributed by atoms with E-state index in [1.165, 1.54) is 4.90 Å². The van der Waals surface area contributed by atoms with Crippen LogP contribution in [0.2, 0.25) is 5.02 Å². The summed E-state index contributed by atoms with van der Waals surface area (Å²) in [4.78, 5) is 14.7. The van der Waals surface area contributed by atoms with Crippen molar-refractivity contribution in [2.24, 2.45) is 0 Å². The minimum Gasteiger partial charge on any atom is -0.372 e. The van der Waals surface area contributed by atoms with Gasteiger partial charge in [0.2, 0.25) is 0 Å². The third-order valence-corrected chi connectivity index (χ3v) is 7.10. The number of fused-ring (bicyclic) bond motifs is 1. The van der Waals surface area contributed by atoms with Gasteiger partial charge in [-0.3, -0.25) is 4.79 Å². The summed E-state index contributed by atoms with van der Waals surface area (Å²) in [7, 11) is 0. The molecule has 0 saturated heterocycles. The van der Waals surface area contributed by atoms with Crippen molar-refractivity contribution in [2.75, 3.05) is 16.9 Å². The number of anilines is 2. The SMILES string of the molecule is CSc1ccc([C@H]2Nc3ccccc3NC3=C2C(=O)C[C@H](c2ccc(Cl)cc2)C3)cc1. The van der Waals surface area contributed by atoms with Crippen molar-refractivity contribution < 1.29 is 4.79 Å². The van der Waals surface area contributed by atoms with Crippen molar-refractivity contribution in [3.63, 3.8) is 0 Å². The van der Waals surface area contributed by atoms with Gasteiger partial charge in [0.25, 0.3) is 0 Å². The van der Waals surface area contributed by atoms with Gasteiger partial charge in [0.1, 0.15) is 0 Å². The Hall–Kier alpha value is -2.69. The summed E-state index contributed by atoms with van der Waals surface area (Å²) in [6.45, 7) is 0. The van der Waals surface area contributed by atoms with Gasteiger partial charge in [-0.05, 0) is 66.1 Å². The molecule has 0 spiro atoms. The van der Waals surface area contributed by atoms with Crippen LogP contribution in [0.4, 0.5) is 11.4 Å². The Morgan fingerprint density at radius 3 is 2.26 bits per heavy atom. The summed E-state index contributed by atoms with van der Waals surface area (Å²) in [5.74, 6) is 0.328. The molecule has 1 aliphatic heterocycles. The van der Waals surface area contributed by atoms with E-state index < -0.39 is 0 Å². The molecule has 5 heteroatoms. The number of hydrogen-bond acceptors (Lipinski definition) is 4. The first-order valence-electron chi connectivity index (χ1n) is 10.4. The van der Waals surface area contributed by atoms with E-state index in [9.17, 15) is 4.79 Å². The molecular formula is C26H23ClN2OS. The lowest BCUT2D eigenvalue weighted by atomic mass is 9.78. The number of allylic oxidation sites excluding steroid dienone is 1. The third-order valence-electron chi connectivity index (χ3n) is 6.10. The molecule has 1 heterocycles. The highest BCUT2D eigenvalue weighted by atomic mass is 35.5. The Labute approximate surface area is 191 Å². The van der Waals surface area contributed by atoms with E-state index in [1.54, 1.807) is 11.8 Å². The van der Waals surface area contributed by atoms with E-state index in [-0.39, 0.29) is 17.7 Å². The fraction of sp³-hybridized carbons (Fsp3) is 0.192. The average Bonchev–Trinajstić information content (AvgIpc) is 2.96. The summed E-state index contributed by atoms with van der Waals surface area (Å²) in [5.41, 5.74) is 6.11. The summed E-state index contributed by atoms with van der Waals surface area (Å²) in [6.07, 6.45) is 3.36. The van der Waals surface area contributed by atoms with Crippen molar-refractivity contribution in [3.8, 4) is 0 Å². The Kier molecular flexibility index (Phi) is 5.51. The van der Waals surface area contributed by atoms with Gasteiger partial charge in [-0.2, -0.15) is 0 Å². The van der Waals surface area contributed by atoms with Crippen LogP contribution in [-0.4, -0.2) is 12.0 Å². The molecular weight excluding hydrogens is 424 g/mol. The van der Waals surface area contributed by atoms with Crippen molar-refractivity contribution in [1.82, 2.24) is 0 Å². The van der Waals surface area contributed by atoms with E-state index >= 15 is 0 Å². The first kappa shape index (κ1) is 20.2. The highest BCUT2D eigenvalue weighted by Gasteiger charge is 2.36. The van der Waals surface area contributed by atoms with Gasteiger partial charge in [0, 0.05) is 27.6 Å². The first-order chi connectivity index (χ1) is 15.1. The summed E-state index contributed by atoms with van der Waals surface area (Å²) in [6, 6.07) is 24.3. The predicted molar refractivity (Wildman–Crippen MR) is 130 cm³/mol. The summed E-state index contributed by atoms with van der Waals surface area (Å²) >= 11 is 7.80. The molecule has 2 atom stereocenters. The maximum Gasteiger partial charge on any atom is 0.163 e. The number of benzene rings is 3. The zero-order valence-electron chi connectivity index (χ0n) is 17.2. The van der Waals surface area contributed by atoms with E-state index in [2.05, 4.69) is 53.3 Å². The highest BCUT2D eigenvalue weighted by Crippen LogP contribution is 2.44. The molecule has 31 heavy (non-hydrogen) atoms. The van der Waals surface area contributed by atoms with Gasteiger partial charge in [0.05, 0.1) is 17.4 Å². The van der Waals surface area contributed by atoms with E-state index in [0.29, 0.717) is 11.4 Å². The van der Waals surface area contributed by atoms with Crippen LogP contribution < -0.4 is 10.6 Å². The van der Waals surface area contributed by atoms with E-state index in [0.717, 1.165) is 40.2 Å². The van der Waals surface area contributed by atoms with Crippen molar-refractivity contribution in [1.29, 1.82) is 0 Å². The quantitative estimate of drug-likeness (QED) is 0.423. The third kappa shape index (κ3) is 3.98. The second-order valence-corrected chi connectivity index (χ2v) is 9.31. The largest absolute Gasteiger partial charge is 0.372 e. The predicted octanol–water partition coefficient (Wildman–Crippen LogP) is 7.04. The Bertz CT molecular complexity index is 1150. The zero-order chi connectivity index (χ0) is 21.4. The molecule has 3 aromatic rings. The molecule has 2 N–H and O–H groups in total. The van der Waals surface area contributed by atoms with Crippen LogP contribution in [0.3, 0.4) is 0 Å². The molecule has 156 valence electrons. The number of halogens is 1. The number of hydrogen-bond donors (Lipinski definition) is 2. The van der Waals surface area contributed by atoms with E-state index in [1.807, 2.05) is 36.4 Å². The van der Waals surface area contributed by atoms with Gasteiger partial charge in [-0.1, -0.05) is 48.0 Å². The molecule has 1 aliphatic carbocycles. The lowest BCUT2D eigenvalue weighted by Gasteiger charge is -2.30. The number of ketones is 1. The molecule has 5 rings (SSSR count). The number of thioether (sulfide) groups is 1. The fourth-order valence-corrected chi connectivity index (χ4v) is 5.04. The van der Waals surface area contributed by atoms with Crippen LogP contribution in [0, 0.1) is 0 Å². The Morgan fingerprint density at radius 1 is 0.871 bits per heavy atom. The van der Waals surface area contributed by atoms with Crippen LogP contribution in [0.5, 0.6) is 0 Å². The minimum atomic E-state index is -0.180. The Morgan fingerprint density at radius 2 is 1.55 bits per heavy atom. The zero-order valence-corrected chi connectivity index (χ0v) is 18.8. The second kappa shape index (κ2) is 8.45. The standard InChI is InChI=1S/C26H23ClN2OS/c1-31-20-12-8-17(9-13-20)26-25-23(28-21-4-2-3-5-22(21)29-26)14-18(15-24(25)30)16-6-10-19(27)11-7-16/h2-13,18,26,28-29H,14-15H2,1H3/t18-,26-/m1/s1. The lowest BCUT2D eigenvalue weighted by molar-refractivity contribution is -0.116. The summed E-state index contributed by atoms with van der Waals surface area (Å²) < 4.78 is 0. The lowest BCUT2D eigenvalue weighted by Crippen LogP contribution is -2.26. The number of nitrogens with one attached hydrogen (secondary N) is 2. The van der Waals surface area contributed by atoms with Crippen molar-refractivity contribution >= 4 is 40.5 Å². The van der Waals surface area contributed by atoms with E-state index in [4.69, 9.17) is 11.6 Å². The van der Waals surface area contributed by atoms with Gasteiger partial charge in [0.15, 0.2) is 5.78 Å². The molecule has 0 radical (unpaired) electrons. The fourth-order valence-electron chi connectivity index (χ4n) is 4.51. The second-order valence-electron chi connectivity index (χ2n) is 7.99. The monoisotopic (exact) mass is 446 g/mol. The van der Waals surface area contributed by atoms with Crippen LogP contribution >= 0.6 is 23.4 Å². The van der Waals surface area contributed by atoms with Crippen molar-refractivity contribution in [3.05, 3.63) is 100 Å². The molecule has 0 amide bonds. The molecule has 3 nitrogen and oxygen atoms in total. The molecule has 0 unspecified atom stereocenters. The van der Waals surface area contributed by atoms with Crippen molar-refractivity contribution in [2.45, 2.75) is 29.7 Å². The van der Waals surface area contributed by atoms with Gasteiger partial charge >= 0.3 is 0 Å². The number of carbonyl (C=O) groups excluding carboxylic acids is 1. The van der Waals surface area contributed by atoms with Crippen LogP contribution in [0.25, 0.3) is 0 Å². The minimum absolute atomic E-state index is 0.140. The number of Topliss-reactive ketones (excluding diaryl/α,β-unsaturated/α-hetero) is 1. The molecule has 2 aliphatic rings. The normalized spacial score (nSPS) is 20.3. The van der Waals surface area contributed by atoms with Gasteiger partial charge in [-0.25, -0.2) is 0 Å².